The van der Waals surface area contributed by atoms with Crippen LogP contribution in [-0.2, 0) is 17.8 Å². The fourth-order valence-electron chi connectivity index (χ4n) is 2.65. The van der Waals surface area contributed by atoms with Crippen molar-refractivity contribution in [3.05, 3.63) is 34.9 Å². The molecule has 0 unspecified atom stereocenters. The van der Waals surface area contributed by atoms with Crippen LogP contribution in [0.15, 0.2) is 18.2 Å². The summed E-state index contributed by atoms with van der Waals surface area (Å²) in [6, 6.07) is 5.46. The van der Waals surface area contributed by atoms with E-state index in [1.54, 1.807) is 19.2 Å². The maximum Gasteiger partial charge on any atom is 0.335 e. The van der Waals surface area contributed by atoms with Crippen LogP contribution in [-0.4, -0.2) is 42.0 Å². The highest BCUT2D eigenvalue weighted by molar-refractivity contribution is 5.89. The minimum atomic E-state index is -0.852. The summed E-state index contributed by atoms with van der Waals surface area (Å²) in [5.74, 6) is -0.787. The molecule has 0 saturated heterocycles. The number of carbonyl (C=O) groups is 2. The smallest absolute Gasteiger partial charge is 0.335 e. The number of aromatic carboxylic acids is 1. The van der Waals surface area contributed by atoms with E-state index >= 15 is 0 Å². The predicted octanol–water partition coefficient (Wildman–Crippen LogP) is 1.27. The van der Waals surface area contributed by atoms with Crippen molar-refractivity contribution in [1.82, 2.24) is 10.2 Å². The summed E-state index contributed by atoms with van der Waals surface area (Å²) < 4.78 is 0. The Labute approximate surface area is 118 Å². The zero-order valence-electron chi connectivity index (χ0n) is 11.7. The van der Waals surface area contributed by atoms with E-state index in [0.29, 0.717) is 12.0 Å². The molecule has 0 aromatic heterocycles. The van der Waals surface area contributed by atoms with Crippen LogP contribution in [0, 0.1) is 0 Å². The van der Waals surface area contributed by atoms with E-state index in [2.05, 4.69) is 10.2 Å². The van der Waals surface area contributed by atoms with Crippen LogP contribution in [0.1, 0.15) is 34.3 Å². The van der Waals surface area contributed by atoms with Gasteiger partial charge in [0.05, 0.1) is 5.56 Å². The van der Waals surface area contributed by atoms with Crippen LogP contribution >= 0.6 is 0 Å². The normalized spacial score (nSPS) is 14.7. The third-order valence-corrected chi connectivity index (χ3v) is 3.73. The largest absolute Gasteiger partial charge is 0.478 e. The Hall–Kier alpha value is -1.88. The molecule has 2 rings (SSSR count). The van der Waals surface area contributed by atoms with E-state index in [-0.39, 0.29) is 5.91 Å². The molecular weight excluding hydrogens is 256 g/mol. The summed E-state index contributed by atoms with van der Waals surface area (Å²) in [6.07, 6.45) is 2.13. The number of benzene rings is 1. The maximum absolute atomic E-state index is 11.2. The van der Waals surface area contributed by atoms with E-state index in [9.17, 15) is 14.7 Å². The number of hydrogen-bond donors (Lipinski definition) is 2. The number of fused-ring (bicyclic) bond motifs is 1. The summed E-state index contributed by atoms with van der Waals surface area (Å²) in [4.78, 5) is 24.6. The number of amides is 1. The molecule has 2 N–H and O–H groups in total. The van der Waals surface area contributed by atoms with E-state index in [1.807, 2.05) is 6.07 Å². The quantitative estimate of drug-likeness (QED) is 0.849. The molecule has 20 heavy (non-hydrogen) atoms. The Bertz CT molecular complexity index is 514. The molecule has 0 atom stereocenters. The lowest BCUT2D eigenvalue weighted by molar-refractivity contribution is -0.120. The highest BCUT2D eigenvalue weighted by atomic mass is 16.4. The molecule has 0 bridgehead atoms. The zero-order valence-corrected chi connectivity index (χ0v) is 11.7. The van der Waals surface area contributed by atoms with E-state index in [1.165, 1.54) is 0 Å². The molecule has 1 aromatic rings. The van der Waals surface area contributed by atoms with Gasteiger partial charge in [-0.05, 0) is 36.6 Å². The molecule has 0 aliphatic carbocycles. The summed E-state index contributed by atoms with van der Waals surface area (Å²) >= 11 is 0. The minimum absolute atomic E-state index is 0.0653. The molecule has 5 nitrogen and oxygen atoms in total. The van der Waals surface area contributed by atoms with Gasteiger partial charge in [-0.1, -0.05) is 12.1 Å². The van der Waals surface area contributed by atoms with E-state index in [4.69, 9.17) is 0 Å². The topological polar surface area (TPSA) is 69.6 Å². The molecule has 1 aliphatic heterocycles. The molecule has 1 amide bonds. The molecule has 108 valence electrons. The SMILES string of the molecule is CNC(=O)CCCN1CCc2c(cccc2C(=O)O)C1. The minimum Gasteiger partial charge on any atom is -0.478 e. The number of nitrogens with zero attached hydrogens (tertiary/aromatic N) is 1. The second-order valence-electron chi connectivity index (χ2n) is 5.05. The van der Waals surface area contributed by atoms with Crippen molar-refractivity contribution in [3.63, 3.8) is 0 Å². The van der Waals surface area contributed by atoms with Crippen molar-refractivity contribution in [1.29, 1.82) is 0 Å². The predicted molar refractivity (Wildman–Crippen MR) is 75.7 cm³/mol. The first-order chi connectivity index (χ1) is 9.61. The van der Waals surface area contributed by atoms with Gasteiger partial charge in [0.2, 0.25) is 5.91 Å². The fraction of sp³-hybridized carbons (Fsp3) is 0.467. The Kier molecular flexibility index (Phi) is 4.74. The van der Waals surface area contributed by atoms with Crippen molar-refractivity contribution in [2.75, 3.05) is 20.1 Å². The molecule has 0 fully saturated rings. The van der Waals surface area contributed by atoms with Crippen LogP contribution < -0.4 is 5.32 Å². The monoisotopic (exact) mass is 276 g/mol. The Morgan fingerprint density at radius 2 is 2.20 bits per heavy atom. The first-order valence-corrected chi connectivity index (χ1v) is 6.89. The van der Waals surface area contributed by atoms with Crippen molar-refractivity contribution in [2.24, 2.45) is 0 Å². The summed E-state index contributed by atoms with van der Waals surface area (Å²) in [7, 11) is 1.65. The van der Waals surface area contributed by atoms with Gasteiger partial charge in [0, 0.05) is 26.6 Å². The molecule has 1 heterocycles. The van der Waals surface area contributed by atoms with Crippen LogP contribution in [0.25, 0.3) is 0 Å². The summed E-state index contributed by atoms with van der Waals surface area (Å²) in [6.45, 7) is 2.49. The van der Waals surface area contributed by atoms with Crippen molar-refractivity contribution in [2.45, 2.75) is 25.8 Å². The van der Waals surface area contributed by atoms with Gasteiger partial charge < -0.3 is 10.4 Å². The molecule has 1 aromatic carbocycles. The average molecular weight is 276 g/mol. The number of rotatable bonds is 5. The maximum atomic E-state index is 11.2. The lowest BCUT2D eigenvalue weighted by Gasteiger charge is -2.29. The zero-order chi connectivity index (χ0) is 14.5. The van der Waals surface area contributed by atoms with E-state index in [0.717, 1.165) is 43.6 Å². The van der Waals surface area contributed by atoms with Crippen molar-refractivity contribution >= 4 is 11.9 Å². The third-order valence-electron chi connectivity index (χ3n) is 3.73. The lowest BCUT2D eigenvalue weighted by atomic mass is 9.94. The van der Waals surface area contributed by atoms with Gasteiger partial charge in [-0.25, -0.2) is 4.79 Å². The molecule has 1 aliphatic rings. The van der Waals surface area contributed by atoms with Gasteiger partial charge in [-0.2, -0.15) is 0 Å². The summed E-state index contributed by atoms with van der Waals surface area (Å²) in [5.41, 5.74) is 2.48. The van der Waals surface area contributed by atoms with Gasteiger partial charge in [0.1, 0.15) is 0 Å². The number of carbonyl (C=O) groups excluding carboxylic acids is 1. The number of hydrogen-bond acceptors (Lipinski definition) is 3. The Morgan fingerprint density at radius 1 is 1.40 bits per heavy atom. The van der Waals surface area contributed by atoms with Crippen LogP contribution in [0.4, 0.5) is 0 Å². The van der Waals surface area contributed by atoms with Gasteiger partial charge >= 0.3 is 5.97 Å². The molecule has 0 radical (unpaired) electrons. The second kappa shape index (κ2) is 6.52. The standard InChI is InChI=1S/C15H20N2O3/c1-16-14(18)6-3-8-17-9-7-12-11(10-17)4-2-5-13(12)15(19)20/h2,4-5H,3,6-10H2,1H3,(H,16,18)(H,19,20). The first-order valence-electron chi connectivity index (χ1n) is 6.89. The Morgan fingerprint density at radius 3 is 2.90 bits per heavy atom. The third kappa shape index (κ3) is 3.36. The van der Waals surface area contributed by atoms with Gasteiger partial charge in [0.15, 0.2) is 0 Å². The van der Waals surface area contributed by atoms with Crippen molar-refractivity contribution in [3.8, 4) is 0 Å². The number of carboxylic acid groups (broad SMARTS) is 1. The lowest BCUT2D eigenvalue weighted by Crippen LogP contribution is -2.33. The average Bonchev–Trinajstić information content (AvgIpc) is 2.46. The Balaban J connectivity index is 1.96. The van der Waals surface area contributed by atoms with Gasteiger partial charge in [0.25, 0.3) is 0 Å². The van der Waals surface area contributed by atoms with Crippen LogP contribution in [0.2, 0.25) is 0 Å². The highest BCUT2D eigenvalue weighted by Crippen LogP contribution is 2.22. The highest BCUT2D eigenvalue weighted by Gasteiger charge is 2.20. The van der Waals surface area contributed by atoms with Gasteiger partial charge in [-0.15, -0.1) is 0 Å². The van der Waals surface area contributed by atoms with Crippen molar-refractivity contribution < 1.29 is 14.7 Å². The van der Waals surface area contributed by atoms with Crippen LogP contribution in [0.5, 0.6) is 0 Å². The van der Waals surface area contributed by atoms with Gasteiger partial charge in [-0.3, -0.25) is 9.69 Å². The number of carboxylic acids is 1. The second-order valence-corrected chi connectivity index (χ2v) is 5.05. The molecule has 5 heteroatoms. The number of nitrogens with one attached hydrogen (secondary N) is 1. The first kappa shape index (κ1) is 14.5. The molecular formula is C15H20N2O3. The van der Waals surface area contributed by atoms with E-state index < -0.39 is 5.97 Å². The van der Waals surface area contributed by atoms with Crippen LogP contribution in [0.3, 0.4) is 0 Å². The fourth-order valence-corrected chi connectivity index (χ4v) is 2.65. The summed E-state index contributed by atoms with van der Waals surface area (Å²) in [5, 5.41) is 11.8. The molecule has 0 saturated carbocycles. The molecule has 0 spiro atoms.